The van der Waals surface area contributed by atoms with E-state index in [0.717, 1.165) is 58.5 Å². The average molecular weight is 415 g/mol. The van der Waals surface area contributed by atoms with Crippen molar-refractivity contribution in [1.82, 2.24) is 19.6 Å². The molecule has 0 aliphatic carbocycles. The molecule has 0 radical (unpaired) electrons. The molecular weight excluding hydrogens is 390 g/mol. The van der Waals surface area contributed by atoms with Crippen LogP contribution < -0.4 is 4.90 Å². The molecule has 1 aliphatic rings. The number of hydrogen-bond donors (Lipinski definition) is 1. The second kappa shape index (κ2) is 7.58. The Bertz CT molecular complexity index is 1250. The summed E-state index contributed by atoms with van der Waals surface area (Å²) in [4.78, 5) is 13.5. The predicted molar refractivity (Wildman–Crippen MR) is 120 cm³/mol. The lowest BCUT2D eigenvalue weighted by molar-refractivity contribution is -0.136. The van der Waals surface area contributed by atoms with Gasteiger partial charge in [0.15, 0.2) is 0 Å². The van der Waals surface area contributed by atoms with Gasteiger partial charge in [-0.25, -0.2) is 4.68 Å². The Morgan fingerprint density at radius 3 is 2.68 bits per heavy atom. The second-order valence-corrected chi connectivity index (χ2v) is 8.34. The molecule has 5 rings (SSSR count). The first-order valence-electron chi connectivity index (χ1n) is 10.5. The maximum Gasteiger partial charge on any atom is 0.307 e. The maximum absolute atomic E-state index is 11.4. The van der Waals surface area contributed by atoms with Crippen LogP contribution in [0.4, 0.5) is 5.69 Å². The van der Waals surface area contributed by atoms with Crippen LogP contribution in [-0.2, 0) is 24.2 Å². The zero-order valence-electron chi connectivity index (χ0n) is 17.7. The molecular formula is C24H25N5O2. The summed E-state index contributed by atoms with van der Waals surface area (Å²) < 4.78 is 4.23. The summed E-state index contributed by atoms with van der Waals surface area (Å²) in [6.07, 6.45) is 3.81. The van der Waals surface area contributed by atoms with Gasteiger partial charge in [0, 0.05) is 48.5 Å². The molecule has 0 spiro atoms. The van der Waals surface area contributed by atoms with Gasteiger partial charge in [0.2, 0.25) is 0 Å². The minimum Gasteiger partial charge on any atom is -0.481 e. The fraction of sp³-hybridized carbons (Fsp3) is 0.292. The fourth-order valence-corrected chi connectivity index (χ4v) is 4.61. The molecule has 2 aromatic carbocycles. The lowest BCUT2D eigenvalue weighted by Gasteiger charge is -2.26. The maximum atomic E-state index is 11.4. The van der Waals surface area contributed by atoms with E-state index >= 15 is 0 Å². The monoisotopic (exact) mass is 415 g/mol. The van der Waals surface area contributed by atoms with Crippen molar-refractivity contribution in [2.24, 2.45) is 0 Å². The summed E-state index contributed by atoms with van der Waals surface area (Å²) in [7, 11) is 4.05. The van der Waals surface area contributed by atoms with Crippen LogP contribution in [-0.4, -0.2) is 44.7 Å². The van der Waals surface area contributed by atoms with Gasteiger partial charge in [-0.1, -0.05) is 35.5 Å². The van der Waals surface area contributed by atoms with Gasteiger partial charge >= 0.3 is 5.97 Å². The van der Waals surface area contributed by atoms with Gasteiger partial charge in [-0.2, -0.15) is 0 Å². The largest absolute Gasteiger partial charge is 0.481 e. The van der Waals surface area contributed by atoms with E-state index in [1.54, 1.807) is 0 Å². The highest BCUT2D eigenvalue weighted by atomic mass is 16.4. The first kappa shape index (κ1) is 19.4. The number of aromatic nitrogens is 4. The van der Waals surface area contributed by atoms with E-state index in [9.17, 15) is 9.90 Å². The summed E-state index contributed by atoms with van der Waals surface area (Å²) in [5.74, 6) is -0.789. The third-order valence-corrected chi connectivity index (χ3v) is 6.19. The van der Waals surface area contributed by atoms with Crippen LogP contribution in [0.1, 0.15) is 23.7 Å². The molecule has 0 saturated heterocycles. The van der Waals surface area contributed by atoms with Gasteiger partial charge in [0.1, 0.15) is 5.69 Å². The Kier molecular flexibility index (Phi) is 4.73. The van der Waals surface area contributed by atoms with Crippen molar-refractivity contribution in [3.63, 3.8) is 0 Å². The highest BCUT2D eigenvalue weighted by Gasteiger charge is 2.27. The van der Waals surface area contributed by atoms with Gasteiger partial charge in [0.25, 0.3) is 0 Å². The second-order valence-electron chi connectivity index (χ2n) is 8.34. The van der Waals surface area contributed by atoms with Crippen LogP contribution in [0.5, 0.6) is 0 Å². The zero-order valence-corrected chi connectivity index (χ0v) is 17.7. The van der Waals surface area contributed by atoms with Gasteiger partial charge in [-0.05, 0) is 36.6 Å². The van der Waals surface area contributed by atoms with Crippen molar-refractivity contribution in [3.05, 3.63) is 66.0 Å². The molecule has 2 aromatic heterocycles. The van der Waals surface area contributed by atoms with Crippen molar-refractivity contribution < 1.29 is 9.90 Å². The summed E-state index contributed by atoms with van der Waals surface area (Å²) in [6.45, 7) is 0.762. The van der Waals surface area contributed by atoms with Crippen molar-refractivity contribution >= 4 is 22.6 Å². The Balaban J connectivity index is 1.45. The smallest absolute Gasteiger partial charge is 0.307 e. The quantitative estimate of drug-likeness (QED) is 0.537. The van der Waals surface area contributed by atoms with Crippen LogP contribution >= 0.6 is 0 Å². The van der Waals surface area contributed by atoms with Gasteiger partial charge < -0.3 is 14.6 Å². The molecule has 158 valence electrons. The molecule has 4 aromatic rings. The van der Waals surface area contributed by atoms with E-state index in [4.69, 9.17) is 0 Å². The van der Waals surface area contributed by atoms with E-state index in [-0.39, 0.29) is 12.5 Å². The normalized spacial score (nSPS) is 15.7. The third-order valence-electron chi connectivity index (χ3n) is 6.19. The summed E-state index contributed by atoms with van der Waals surface area (Å²) in [5, 5.41) is 19.3. The van der Waals surface area contributed by atoms with E-state index < -0.39 is 5.97 Å². The molecule has 0 saturated carbocycles. The standard InChI is InChI=1S/C24H25N5O2/c1-27(2)17-9-7-16(8-10-17)21-15-29(26-25-21)18-11-12-23-20(13-24(30)31)19-5-3-4-6-22(19)28(23)14-18/h3-10,15,18H,11-14H2,1-2H3,(H,30,31). The molecule has 1 aliphatic heterocycles. The topological polar surface area (TPSA) is 76.2 Å². The number of para-hydroxylation sites is 1. The number of fused-ring (bicyclic) bond motifs is 3. The SMILES string of the molecule is CN(C)c1ccc(-c2cn(C3CCc4c(CC(=O)O)c5ccccc5n4C3)nn2)cc1. The minimum atomic E-state index is -0.789. The molecule has 7 heteroatoms. The number of hydrogen-bond acceptors (Lipinski definition) is 4. The number of benzene rings is 2. The summed E-state index contributed by atoms with van der Waals surface area (Å²) >= 11 is 0. The van der Waals surface area contributed by atoms with Crippen molar-refractivity contribution in [2.45, 2.75) is 31.8 Å². The minimum absolute atomic E-state index is 0.0595. The van der Waals surface area contributed by atoms with E-state index in [2.05, 4.69) is 50.1 Å². The number of carboxylic acids is 1. The molecule has 0 bridgehead atoms. The van der Waals surface area contributed by atoms with Crippen molar-refractivity contribution in [1.29, 1.82) is 0 Å². The lowest BCUT2D eigenvalue weighted by atomic mass is 10.0. The van der Waals surface area contributed by atoms with E-state index in [1.165, 1.54) is 0 Å². The molecule has 3 heterocycles. The van der Waals surface area contributed by atoms with Crippen molar-refractivity contribution in [2.75, 3.05) is 19.0 Å². The highest BCUT2D eigenvalue weighted by molar-refractivity contribution is 5.89. The molecule has 1 N–H and O–H groups in total. The third kappa shape index (κ3) is 3.46. The first-order valence-corrected chi connectivity index (χ1v) is 10.5. The van der Waals surface area contributed by atoms with Crippen LogP contribution in [0.3, 0.4) is 0 Å². The Morgan fingerprint density at radius 2 is 1.94 bits per heavy atom. The summed E-state index contributed by atoms with van der Waals surface area (Å²) in [6, 6.07) is 16.6. The van der Waals surface area contributed by atoms with Gasteiger partial charge in [-0.3, -0.25) is 4.79 Å². The molecule has 31 heavy (non-hydrogen) atoms. The lowest BCUT2D eigenvalue weighted by Crippen LogP contribution is -2.24. The molecule has 0 fully saturated rings. The first-order chi connectivity index (χ1) is 15.0. The van der Waals surface area contributed by atoms with E-state index in [1.807, 2.05) is 43.2 Å². The van der Waals surface area contributed by atoms with Gasteiger partial charge in [0.05, 0.1) is 18.7 Å². The van der Waals surface area contributed by atoms with Gasteiger partial charge in [-0.15, -0.1) is 5.10 Å². The Morgan fingerprint density at radius 1 is 1.16 bits per heavy atom. The molecule has 7 nitrogen and oxygen atoms in total. The van der Waals surface area contributed by atoms with Crippen molar-refractivity contribution in [3.8, 4) is 11.3 Å². The number of nitrogens with zero attached hydrogens (tertiary/aromatic N) is 5. The van der Waals surface area contributed by atoms with Crippen LogP contribution in [0, 0.1) is 0 Å². The number of carboxylic acid groups (broad SMARTS) is 1. The van der Waals surface area contributed by atoms with E-state index in [0.29, 0.717) is 0 Å². The fourth-order valence-electron chi connectivity index (χ4n) is 4.61. The number of rotatable bonds is 5. The van der Waals surface area contributed by atoms with Crippen LogP contribution in [0.2, 0.25) is 0 Å². The van der Waals surface area contributed by atoms with Crippen LogP contribution in [0.15, 0.2) is 54.7 Å². The number of aliphatic carboxylic acids is 1. The Hall–Kier alpha value is -3.61. The summed E-state index contributed by atoms with van der Waals surface area (Å²) in [5.41, 5.74) is 6.23. The van der Waals surface area contributed by atoms with Crippen LogP contribution in [0.25, 0.3) is 22.2 Å². The molecule has 1 unspecified atom stereocenters. The molecule has 0 amide bonds. The zero-order chi connectivity index (χ0) is 21.5. The number of carbonyl (C=O) groups is 1. The highest BCUT2D eigenvalue weighted by Crippen LogP contribution is 2.34. The predicted octanol–water partition coefficient (Wildman–Crippen LogP) is 3.78. The average Bonchev–Trinajstić information content (AvgIpc) is 3.38. The number of anilines is 1. The molecule has 1 atom stereocenters. The Labute approximate surface area is 180 Å².